The van der Waals surface area contributed by atoms with Crippen LogP contribution in [0.5, 0.6) is 0 Å². The topological polar surface area (TPSA) is 38.0 Å². The minimum atomic E-state index is -0.471. The van der Waals surface area contributed by atoms with Crippen molar-refractivity contribution in [3.63, 3.8) is 0 Å². The number of nitrogen functional groups attached to an aromatic ring is 1. The molecule has 0 spiro atoms. The first-order valence-corrected chi connectivity index (χ1v) is 6.36. The van der Waals surface area contributed by atoms with Crippen molar-refractivity contribution in [1.82, 2.24) is 0 Å². The van der Waals surface area contributed by atoms with Crippen LogP contribution in [-0.2, 0) is 0 Å². The van der Waals surface area contributed by atoms with E-state index in [2.05, 4.69) is 12.2 Å². The van der Waals surface area contributed by atoms with E-state index >= 15 is 0 Å². The number of hydrogen-bond acceptors (Lipinski definition) is 2. The molecular formula is C13H18ClFN2. The van der Waals surface area contributed by atoms with Crippen LogP contribution in [0.15, 0.2) is 12.1 Å². The van der Waals surface area contributed by atoms with Gasteiger partial charge in [0.2, 0.25) is 0 Å². The molecule has 17 heavy (non-hydrogen) atoms. The maximum atomic E-state index is 13.1. The summed E-state index contributed by atoms with van der Waals surface area (Å²) in [5.74, 6) is -0.471. The maximum Gasteiger partial charge on any atom is 0.143 e. The average Bonchev–Trinajstić information content (AvgIpc) is 2.69. The van der Waals surface area contributed by atoms with Gasteiger partial charge in [-0.2, -0.15) is 0 Å². The van der Waals surface area contributed by atoms with Crippen molar-refractivity contribution < 1.29 is 4.39 Å². The van der Waals surface area contributed by atoms with Crippen molar-refractivity contribution in [1.29, 1.82) is 0 Å². The molecule has 1 fully saturated rings. The van der Waals surface area contributed by atoms with Gasteiger partial charge in [0.15, 0.2) is 0 Å². The van der Waals surface area contributed by atoms with Crippen molar-refractivity contribution in [2.45, 2.75) is 32.6 Å². The Labute approximate surface area is 106 Å². The van der Waals surface area contributed by atoms with E-state index in [1.54, 1.807) is 6.07 Å². The molecule has 0 saturated heterocycles. The molecule has 1 aliphatic carbocycles. The van der Waals surface area contributed by atoms with Gasteiger partial charge in [0.25, 0.3) is 0 Å². The lowest BCUT2D eigenvalue weighted by atomic mass is 9.89. The Morgan fingerprint density at radius 1 is 1.41 bits per heavy atom. The zero-order valence-electron chi connectivity index (χ0n) is 10.0. The van der Waals surface area contributed by atoms with Crippen LogP contribution in [0.25, 0.3) is 0 Å². The molecule has 1 aromatic carbocycles. The molecule has 0 heterocycles. The lowest BCUT2D eigenvalue weighted by Gasteiger charge is -2.25. The lowest BCUT2D eigenvalue weighted by molar-refractivity contribution is 0.362. The van der Waals surface area contributed by atoms with Crippen LogP contribution in [0.4, 0.5) is 15.8 Å². The molecule has 2 nitrogen and oxygen atoms in total. The van der Waals surface area contributed by atoms with E-state index in [4.69, 9.17) is 17.3 Å². The van der Waals surface area contributed by atoms with Crippen LogP contribution in [0.2, 0.25) is 5.02 Å². The smallest absolute Gasteiger partial charge is 0.143 e. The number of halogens is 2. The standard InChI is InChI=1S/C13H18ClFN2/c1-13(4-2-3-5-13)8-17-12-6-9(14)10(15)7-11(12)16/h6-7,17H,2-5,8,16H2,1H3. The molecule has 3 N–H and O–H groups in total. The molecule has 1 saturated carbocycles. The van der Waals surface area contributed by atoms with Gasteiger partial charge < -0.3 is 11.1 Å². The summed E-state index contributed by atoms with van der Waals surface area (Å²) in [5, 5.41) is 3.40. The Morgan fingerprint density at radius 3 is 2.71 bits per heavy atom. The highest BCUT2D eigenvalue weighted by molar-refractivity contribution is 6.31. The fourth-order valence-electron chi connectivity index (χ4n) is 2.43. The van der Waals surface area contributed by atoms with Gasteiger partial charge in [-0.25, -0.2) is 4.39 Å². The van der Waals surface area contributed by atoms with Crippen LogP contribution >= 0.6 is 11.6 Å². The number of nitrogens with two attached hydrogens (primary N) is 1. The second kappa shape index (κ2) is 4.73. The van der Waals surface area contributed by atoms with E-state index in [1.807, 2.05) is 0 Å². The van der Waals surface area contributed by atoms with E-state index in [9.17, 15) is 4.39 Å². The van der Waals surface area contributed by atoms with Crippen molar-refractivity contribution in [3.8, 4) is 0 Å². The highest BCUT2D eigenvalue weighted by Gasteiger charge is 2.28. The number of nitrogens with one attached hydrogen (secondary N) is 1. The van der Waals surface area contributed by atoms with Gasteiger partial charge in [0.05, 0.1) is 16.4 Å². The van der Waals surface area contributed by atoms with Gasteiger partial charge in [-0.3, -0.25) is 0 Å². The molecule has 0 aliphatic heterocycles. The summed E-state index contributed by atoms with van der Waals surface area (Å²) in [6.45, 7) is 3.13. The normalized spacial score (nSPS) is 18.3. The molecule has 1 aromatic rings. The quantitative estimate of drug-likeness (QED) is 0.801. The highest BCUT2D eigenvalue weighted by atomic mass is 35.5. The van der Waals surface area contributed by atoms with Crippen molar-refractivity contribution in [2.24, 2.45) is 5.41 Å². The van der Waals surface area contributed by atoms with E-state index in [0.717, 1.165) is 12.2 Å². The first kappa shape index (κ1) is 12.5. The summed E-state index contributed by atoms with van der Waals surface area (Å²) in [5.41, 5.74) is 7.22. The lowest BCUT2D eigenvalue weighted by Crippen LogP contribution is -2.23. The highest BCUT2D eigenvalue weighted by Crippen LogP contribution is 2.38. The Kier molecular flexibility index (Phi) is 3.48. The summed E-state index contributed by atoms with van der Waals surface area (Å²) < 4.78 is 13.1. The van der Waals surface area contributed by atoms with E-state index in [-0.39, 0.29) is 5.02 Å². The zero-order valence-corrected chi connectivity index (χ0v) is 10.8. The fourth-order valence-corrected chi connectivity index (χ4v) is 2.59. The van der Waals surface area contributed by atoms with Gasteiger partial charge in [-0.15, -0.1) is 0 Å². The van der Waals surface area contributed by atoms with Crippen LogP contribution in [0.1, 0.15) is 32.6 Å². The number of hydrogen-bond donors (Lipinski definition) is 2. The Morgan fingerprint density at radius 2 is 2.06 bits per heavy atom. The largest absolute Gasteiger partial charge is 0.397 e. The van der Waals surface area contributed by atoms with Gasteiger partial charge in [0, 0.05) is 12.6 Å². The maximum absolute atomic E-state index is 13.1. The molecule has 1 aliphatic rings. The van der Waals surface area contributed by atoms with Gasteiger partial charge in [0.1, 0.15) is 5.82 Å². The SMILES string of the molecule is CC1(CNc2cc(Cl)c(F)cc2N)CCCC1. The van der Waals surface area contributed by atoms with E-state index in [1.165, 1.54) is 31.7 Å². The minimum absolute atomic E-state index is 0.110. The molecule has 0 atom stereocenters. The van der Waals surface area contributed by atoms with Gasteiger partial charge in [-0.05, 0) is 24.3 Å². The Hall–Kier alpha value is -0.960. The first-order valence-electron chi connectivity index (χ1n) is 5.99. The first-order chi connectivity index (χ1) is 8.00. The minimum Gasteiger partial charge on any atom is -0.397 e. The monoisotopic (exact) mass is 256 g/mol. The fraction of sp³-hybridized carbons (Fsp3) is 0.538. The van der Waals surface area contributed by atoms with Gasteiger partial charge >= 0.3 is 0 Å². The van der Waals surface area contributed by atoms with Crippen LogP contribution in [-0.4, -0.2) is 6.54 Å². The third-order valence-electron chi connectivity index (χ3n) is 3.61. The predicted molar refractivity (Wildman–Crippen MR) is 70.9 cm³/mol. The van der Waals surface area contributed by atoms with Crippen LogP contribution < -0.4 is 11.1 Å². The second-order valence-corrected chi connectivity index (χ2v) is 5.63. The summed E-state index contributed by atoms with van der Waals surface area (Å²) >= 11 is 5.75. The van der Waals surface area contributed by atoms with Crippen molar-refractivity contribution >= 4 is 23.0 Å². The molecule has 0 amide bonds. The number of rotatable bonds is 3. The van der Waals surface area contributed by atoms with E-state index < -0.39 is 5.82 Å². The summed E-state index contributed by atoms with van der Waals surface area (Å²) in [6, 6.07) is 2.83. The molecule has 0 unspecified atom stereocenters. The van der Waals surface area contributed by atoms with Crippen molar-refractivity contribution in [3.05, 3.63) is 23.0 Å². The third kappa shape index (κ3) is 2.83. The molecule has 2 rings (SSSR count). The summed E-state index contributed by atoms with van der Waals surface area (Å²) in [7, 11) is 0. The number of benzene rings is 1. The number of anilines is 2. The zero-order chi connectivity index (χ0) is 12.5. The Balaban J connectivity index is 2.06. The van der Waals surface area contributed by atoms with Crippen LogP contribution in [0.3, 0.4) is 0 Å². The molecule has 4 heteroatoms. The second-order valence-electron chi connectivity index (χ2n) is 5.22. The molecule has 0 radical (unpaired) electrons. The Bertz CT molecular complexity index is 414. The molecule has 0 bridgehead atoms. The molecule has 94 valence electrons. The van der Waals surface area contributed by atoms with Crippen molar-refractivity contribution in [2.75, 3.05) is 17.6 Å². The average molecular weight is 257 g/mol. The third-order valence-corrected chi connectivity index (χ3v) is 3.90. The van der Waals surface area contributed by atoms with Gasteiger partial charge in [-0.1, -0.05) is 31.4 Å². The van der Waals surface area contributed by atoms with Crippen LogP contribution in [0, 0.1) is 11.2 Å². The molecular weight excluding hydrogens is 239 g/mol. The molecule has 0 aromatic heterocycles. The van der Waals surface area contributed by atoms with E-state index in [0.29, 0.717) is 11.1 Å². The predicted octanol–water partition coefficient (Wildman–Crippen LogP) is 4.05. The summed E-state index contributed by atoms with van der Waals surface area (Å²) in [6.07, 6.45) is 5.04. The summed E-state index contributed by atoms with van der Waals surface area (Å²) in [4.78, 5) is 0.